The smallest absolute Gasteiger partial charge is 0.0378 e. The Hall–Kier alpha value is -0.670. The quantitative estimate of drug-likeness (QED) is 0.855. The molecule has 1 aromatic carbocycles. The molecule has 1 fully saturated rings. The van der Waals surface area contributed by atoms with Gasteiger partial charge < -0.3 is 10.6 Å². The lowest BCUT2D eigenvalue weighted by molar-refractivity contribution is 0.627. The summed E-state index contributed by atoms with van der Waals surface area (Å²) in [6, 6.07) is 9.27. The van der Waals surface area contributed by atoms with Gasteiger partial charge >= 0.3 is 0 Å². The number of thioether (sulfide) groups is 1. The molecule has 0 aliphatic carbocycles. The van der Waals surface area contributed by atoms with Crippen molar-refractivity contribution in [1.82, 2.24) is 0 Å². The number of nitrogens with zero attached hydrogens (tertiary/aromatic N) is 1. The fourth-order valence-electron chi connectivity index (χ4n) is 2.12. The Morgan fingerprint density at radius 2 is 2.00 bits per heavy atom. The lowest BCUT2D eigenvalue weighted by Crippen LogP contribution is -2.44. The fraction of sp³-hybridized carbons (Fsp3) is 0.538. The number of nitrogens with two attached hydrogens (primary N) is 1. The van der Waals surface area contributed by atoms with Gasteiger partial charge in [0.1, 0.15) is 0 Å². The van der Waals surface area contributed by atoms with Crippen LogP contribution in [0.2, 0.25) is 0 Å². The summed E-state index contributed by atoms with van der Waals surface area (Å²) < 4.78 is 0. The van der Waals surface area contributed by atoms with Gasteiger partial charge in [0.2, 0.25) is 0 Å². The minimum absolute atomic E-state index is 0.613. The molecule has 2 N–H and O–H groups in total. The Morgan fingerprint density at radius 3 is 2.62 bits per heavy atom. The molecule has 1 aromatic rings. The third-order valence-corrected chi connectivity index (χ3v) is 4.73. The molecule has 0 amide bonds. The zero-order chi connectivity index (χ0) is 11.5. The molecule has 0 radical (unpaired) electrons. The van der Waals surface area contributed by atoms with Crippen LogP contribution in [0.1, 0.15) is 19.4 Å². The highest BCUT2D eigenvalue weighted by atomic mass is 32.2. The minimum Gasteiger partial charge on any atom is -0.367 e. The summed E-state index contributed by atoms with van der Waals surface area (Å²) in [7, 11) is 0. The molecule has 2 atom stereocenters. The van der Waals surface area contributed by atoms with Gasteiger partial charge in [0.25, 0.3) is 0 Å². The van der Waals surface area contributed by atoms with Crippen molar-refractivity contribution in [3.63, 3.8) is 0 Å². The second-order valence-electron chi connectivity index (χ2n) is 4.38. The van der Waals surface area contributed by atoms with Crippen LogP contribution in [0.4, 0.5) is 5.69 Å². The Morgan fingerprint density at radius 1 is 1.31 bits per heavy atom. The molecule has 2 nitrogen and oxygen atoms in total. The summed E-state index contributed by atoms with van der Waals surface area (Å²) in [6.07, 6.45) is 0. The van der Waals surface area contributed by atoms with Gasteiger partial charge in [0.05, 0.1) is 0 Å². The van der Waals surface area contributed by atoms with Crippen LogP contribution in [-0.2, 0) is 6.54 Å². The number of benzene rings is 1. The average Bonchev–Trinajstić information content (AvgIpc) is 2.33. The molecule has 2 unspecified atom stereocenters. The van der Waals surface area contributed by atoms with Crippen molar-refractivity contribution in [2.45, 2.75) is 31.7 Å². The van der Waals surface area contributed by atoms with Crippen LogP contribution in [0.25, 0.3) is 0 Å². The predicted octanol–water partition coefficient (Wildman–Crippen LogP) is 2.48. The second-order valence-corrected chi connectivity index (χ2v) is 5.87. The molecule has 1 aliphatic rings. The predicted molar refractivity (Wildman–Crippen MR) is 73.1 cm³/mol. The fourth-order valence-corrected chi connectivity index (χ4v) is 3.22. The van der Waals surface area contributed by atoms with E-state index >= 15 is 0 Å². The second kappa shape index (κ2) is 5.11. The van der Waals surface area contributed by atoms with Gasteiger partial charge in [-0.15, -0.1) is 0 Å². The first-order chi connectivity index (χ1) is 7.72. The van der Waals surface area contributed by atoms with E-state index in [-0.39, 0.29) is 0 Å². The molecule has 1 saturated heterocycles. The summed E-state index contributed by atoms with van der Waals surface area (Å²) in [4.78, 5) is 2.50. The molecule has 1 aliphatic heterocycles. The Kier molecular flexibility index (Phi) is 3.77. The molecular formula is C13H20N2S. The van der Waals surface area contributed by atoms with Gasteiger partial charge in [0.15, 0.2) is 0 Å². The Balaban J connectivity index is 2.15. The molecule has 0 bridgehead atoms. The normalized spacial score (nSPS) is 25.8. The average molecular weight is 236 g/mol. The van der Waals surface area contributed by atoms with Gasteiger partial charge in [-0.2, -0.15) is 11.8 Å². The van der Waals surface area contributed by atoms with E-state index in [9.17, 15) is 0 Å². The van der Waals surface area contributed by atoms with Crippen LogP contribution < -0.4 is 10.6 Å². The van der Waals surface area contributed by atoms with E-state index in [0.29, 0.717) is 17.8 Å². The molecule has 3 heteroatoms. The molecule has 1 heterocycles. The standard InChI is InChI=1S/C13H20N2S/c1-10-11(2)16-8-7-15(10)13-5-3-12(9-14)4-6-13/h3-6,10-11H,7-9,14H2,1-2H3. The molecule has 0 saturated carbocycles. The highest BCUT2D eigenvalue weighted by molar-refractivity contribution is 8.00. The van der Waals surface area contributed by atoms with Gasteiger partial charge in [-0.3, -0.25) is 0 Å². The van der Waals surface area contributed by atoms with E-state index in [4.69, 9.17) is 5.73 Å². The highest BCUT2D eigenvalue weighted by Crippen LogP contribution is 2.28. The zero-order valence-electron chi connectivity index (χ0n) is 10.0. The van der Waals surface area contributed by atoms with Crippen LogP contribution in [0.5, 0.6) is 0 Å². The van der Waals surface area contributed by atoms with Gasteiger partial charge in [-0.25, -0.2) is 0 Å². The third kappa shape index (κ3) is 2.36. The number of rotatable bonds is 2. The van der Waals surface area contributed by atoms with Crippen LogP contribution in [-0.4, -0.2) is 23.6 Å². The zero-order valence-corrected chi connectivity index (χ0v) is 10.8. The maximum atomic E-state index is 5.61. The van der Waals surface area contributed by atoms with Crippen molar-refractivity contribution >= 4 is 17.4 Å². The topological polar surface area (TPSA) is 29.3 Å². The van der Waals surface area contributed by atoms with Gasteiger partial charge in [-0.05, 0) is 24.6 Å². The number of anilines is 1. The summed E-state index contributed by atoms with van der Waals surface area (Å²) >= 11 is 2.07. The first kappa shape index (κ1) is 11.8. The molecule has 2 rings (SSSR count). The molecule has 16 heavy (non-hydrogen) atoms. The molecule has 0 spiro atoms. The van der Waals surface area contributed by atoms with E-state index < -0.39 is 0 Å². The monoisotopic (exact) mass is 236 g/mol. The summed E-state index contributed by atoms with van der Waals surface area (Å²) in [5, 5.41) is 0.711. The summed E-state index contributed by atoms with van der Waals surface area (Å²) in [5.41, 5.74) is 8.15. The largest absolute Gasteiger partial charge is 0.367 e. The molecular weight excluding hydrogens is 216 g/mol. The van der Waals surface area contributed by atoms with Crippen LogP contribution in [0.15, 0.2) is 24.3 Å². The lowest BCUT2D eigenvalue weighted by Gasteiger charge is -2.39. The summed E-state index contributed by atoms with van der Waals surface area (Å²) in [6.45, 7) is 6.41. The Labute approximate surface area is 102 Å². The van der Waals surface area contributed by atoms with E-state index in [1.54, 1.807) is 0 Å². The SMILES string of the molecule is CC1SCCN(c2ccc(CN)cc2)C1C. The van der Waals surface area contributed by atoms with E-state index in [2.05, 4.69) is 54.8 Å². The van der Waals surface area contributed by atoms with Crippen molar-refractivity contribution in [2.75, 3.05) is 17.2 Å². The lowest BCUT2D eigenvalue weighted by atomic mass is 10.1. The first-order valence-corrected chi connectivity index (χ1v) is 6.94. The molecule has 0 aromatic heterocycles. The number of hydrogen-bond acceptors (Lipinski definition) is 3. The van der Waals surface area contributed by atoms with Crippen molar-refractivity contribution < 1.29 is 0 Å². The minimum atomic E-state index is 0.613. The number of hydrogen-bond donors (Lipinski definition) is 1. The van der Waals surface area contributed by atoms with Crippen LogP contribution in [0.3, 0.4) is 0 Å². The van der Waals surface area contributed by atoms with E-state index in [0.717, 1.165) is 6.54 Å². The van der Waals surface area contributed by atoms with Crippen molar-refractivity contribution in [1.29, 1.82) is 0 Å². The van der Waals surface area contributed by atoms with Gasteiger partial charge in [0, 0.05) is 35.8 Å². The molecule has 88 valence electrons. The first-order valence-electron chi connectivity index (χ1n) is 5.89. The van der Waals surface area contributed by atoms with Crippen molar-refractivity contribution in [3.05, 3.63) is 29.8 Å². The maximum absolute atomic E-state index is 5.61. The highest BCUT2D eigenvalue weighted by Gasteiger charge is 2.24. The van der Waals surface area contributed by atoms with E-state index in [1.807, 2.05) is 0 Å². The Bertz CT molecular complexity index is 336. The third-order valence-electron chi connectivity index (χ3n) is 3.39. The van der Waals surface area contributed by atoms with Crippen LogP contribution >= 0.6 is 11.8 Å². The van der Waals surface area contributed by atoms with Gasteiger partial charge in [-0.1, -0.05) is 19.1 Å². The van der Waals surface area contributed by atoms with Crippen LogP contribution in [0, 0.1) is 0 Å². The van der Waals surface area contributed by atoms with Crippen molar-refractivity contribution in [3.8, 4) is 0 Å². The summed E-state index contributed by atoms with van der Waals surface area (Å²) in [5.74, 6) is 1.23. The van der Waals surface area contributed by atoms with Crippen molar-refractivity contribution in [2.24, 2.45) is 5.73 Å². The maximum Gasteiger partial charge on any atom is 0.0378 e. The van der Waals surface area contributed by atoms with E-state index in [1.165, 1.54) is 17.0 Å².